The SMILES string of the molecule is CCOCCC1(CNC(=O)C2(S(C)(=O)=O)CCNCC2)CCC1.Cl. The van der Waals surface area contributed by atoms with Crippen molar-refractivity contribution in [3.63, 3.8) is 0 Å². The molecule has 2 rings (SSSR count). The second-order valence-corrected chi connectivity index (χ2v) is 9.33. The van der Waals surface area contributed by atoms with Crippen LogP contribution in [0.2, 0.25) is 0 Å². The van der Waals surface area contributed by atoms with Crippen LogP contribution in [0.25, 0.3) is 0 Å². The molecule has 1 amide bonds. The lowest BCUT2D eigenvalue weighted by atomic mass is 9.66. The van der Waals surface area contributed by atoms with Crippen molar-refractivity contribution in [1.29, 1.82) is 0 Å². The highest BCUT2D eigenvalue weighted by atomic mass is 35.5. The lowest BCUT2D eigenvalue weighted by molar-refractivity contribution is -0.125. The number of rotatable bonds is 8. The summed E-state index contributed by atoms with van der Waals surface area (Å²) in [5, 5.41) is 6.10. The monoisotopic (exact) mass is 382 g/mol. The van der Waals surface area contributed by atoms with Crippen LogP contribution < -0.4 is 10.6 Å². The van der Waals surface area contributed by atoms with Crippen LogP contribution in [0.3, 0.4) is 0 Å². The van der Waals surface area contributed by atoms with Crippen molar-refractivity contribution < 1.29 is 17.9 Å². The molecule has 142 valence electrons. The zero-order valence-electron chi connectivity index (χ0n) is 14.7. The van der Waals surface area contributed by atoms with Gasteiger partial charge in [-0.15, -0.1) is 12.4 Å². The molecule has 1 aliphatic carbocycles. The van der Waals surface area contributed by atoms with Crippen molar-refractivity contribution in [2.45, 2.75) is 50.2 Å². The molecule has 8 heteroatoms. The van der Waals surface area contributed by atoms with E-state index >= 15 is 0 Å². The summed E-state index contributed by atoms with van der Waals surface area (Å²) in [6.07, 6.45) is 6.14. The van der Waals surface area contributed by atoms with E-state index in [0.717, 1.165) is 19.3 Å². The third-order valence-corrected chi connectivity index (χ3v) is 7.57. The summed E-state index contributed by atoms with van der Waals surface area (Å²) in [5.41, 5.74) is 0.0937. The van der Waals surface area contributed by atoms with Crippen molar-refractivity contribution in [1.82, 2.24) is 10.6 Å². The van der Waals surface area contributed by atoms with Crippen LogP contribution in [0, 0.1) is 5.41 Å². The zero-order chi connectivity index (χ0) is 17.0. The molecule has 2 fully saturated rings. The number of carbonyl (C=O) groups is 1. The van der Waals surface area contributed by atoms with Gasteiger partial charge in [0, 0.05) is 26.0 Å². The molecule has 24 heavy (non-hydrogen) atoms. The number of amides is 1. The minimum Gasteiger partial charge on any atom is -0.382 e. The number of hydrogen-bond acceptors (Lipinski definition) is 5. The Morgan fingerprint density at radius 2 is 1.83 bits per heavy atom. The Balaban J connectivity index is 0.00000288. The Labute approximate surface area is 151 Å². The van der Waals surface area contributed by atoms with E-state index in [0.29, 0.717) is 45.7 Å². The molecule has 0 atom stereocenters. The molecule has 2 aliphatic rings. The fourth-order valence-corrected chi connectivity index (χ4v) is 5.01. The summed E-state index contributed by atoms with van der Waals surface area (Å²) in [6, 6.07) is 0. The molecule has 0 radical (unpaired) electrons. The van der Waals surface area contributed by atoms with Crippen LogP contribution in [0.1, 0.15) is 45.4 Å². The van der Waals surface area contributed by atoms with E-state index in [2.05, 4.69) is 10.6 Å². The lowest BCUT2D eigenvalue weighted by Crippen LogP contribution is -2.58. The van der Waals surface area contributed by atoms with Crippen molar-refractivity contribution in [2.24, 2.45) is 5.41 Å². The first-order chi connectivity index (χ1) is 10.9. The maximum absolute atomic E-state index is 12.7. The smallest absolute Gasteiger partial charge is 0.241 e. The minimum atomic E-state index is -3.44. The first-order valence-electron chi connectivity index (χ1n) is 8.62. The number of nitrogens with one attached hydrogen (secondary N) is 2. The van der Waals surface area contributed by atoms with Gasteiger partial charge in [0.2, 0.25) is 5.91 Å². The van der Waals surface area contributed by atoms with Gasteiger partial charge in [-0.2, -0.15) is 0 Å². The molecule has 1 saturated carbocycles. The van der Waals surface area contributed by atoms with Crippen LogP contribution in [-0.4, -0.2) is 58.2 Å². The Kier molecular flexibility index (Phi) is 7.97. The molecule has 1 aliphatic heterocycles. The second kappa shape index (κ2) is 8.83. The van der Waals surface area contributed by atoms with Crippen molar-refractivity contribution >= 4 is 28.2 Å². The number of hydrogen-bond donors (Lipinski definition) is 2. The van der Waals surface area contributed by atoms with Crippen LogP contribution in [0.5, 0.6) is 0 Å². The molecule has 0 unspecified atom stereocenters. The molecule has 0 aromatic carbocycles. The molecule has 0 aromatic heterocycles. The van der Waals surface area contributed by atoms with Gasteiger partial charge >= 0.3 is 0 Å². The van der Waals surface area contributed by atoms with Gasteiger partial charge in [0.05, 0.1) is 0 Å². The molecular weight excluding hydrogens is 352 g/mol. The Morgan fingerprint density at radius 1 is 1.21 bits per heavy atom. The molecule has 0 bridgehead atoms. The van der Waals surface area contributed by atoms with Crippen molar-refractivity contribution in [2.75, 3.05) is 39.1 Å². The van der Waals surface area contributed by atoms with Crippen LogP contribution in [0.4, 0.5) is 0 Å². The Morgan fingerprint density at radius 3 is 2.29 bits per heavy atom. The standard InChI is InChI=1S/C16H30N2O4S.ClH/c1-3-22-12-9-15(5-4-6-15)13-18-14(19)16(23(2,20)21)7-10-17-11-8-16;/h17H,3-13H2,1-2H3,(H,18,19);1H. The van der Waals surface area contributed by atoms with Gasteiger partial charge in [-0.25, -0.2) is 8.42 Å². The molecular formula is C16H31ClN2O4S. The summed E-state index contributed by atoms with van der Waals surface area (Å²) in [5.74, 6) is -0.316. The van der Waals surface area contributed by atoms with E-state index in [1.165, 1.54) is 12.7 Å². The average Bonchev–Trinajstić information content (AvgIpc) is 2.48. The molecule has 0 aromatic rings. The van der Waals surface area contributed by atoms with Crippen molar-refractivity contribution in [3.8, 4) is 0 Å². The Hall–Kier alpha value is -0.370. The third kappa shape index (κ3) is 4.62. The highest BCUT2D eigenvalue weighted by molar-refractivity contribution is 7.92. The predicted molar refractivity (Wildman–Crippen MR) is 97.3 cm³/mol. The van der Waals surface area contributed by atoms with Gasteiger partial charge in [0.15, 0.2) is 14.6 Å². The fourth-order valence-electron chi connectivity index (χ4n) is 3.65. The number of piperidine rings is 1. The molecule has 2 N–H and O–H groups in total. The van der Waals surface area contributed by atoms with Crippen LogP contribution >= 0.6 is 12.4 Å². The van der Waals surface area contributed by atoms with E-state index in [4.69, 9.17) is 4.74 Å². The summed E-state index contributed by atoms with van der Waals surface area (Å²) in [6.45, 7) is 5.07. The maximum Gasteiger partial charge on any atom is 0.241 e. The van der Waals surface area contributed by atoms with Crippen LogP contribution in [-0.2, 0) is 19.4 Å². The van der Waals surface area contributed by atoms with E-state index in [9.17, 15) is 13.2 Å². The van der Waals surface area contributed by atoms with Gasteiger partial charge in [0.25, 0.3) is 0 Å². The summed E-state index contributed by atoms with van der Waals surface area (Å²) >= 11 is 0. The first kappa shape index (κ1) is 21.7. The predicted octanol–water partition coefficient (Wildman–Crippen LogP) is 1.29. The molecule has 1 heterocycles. The topological polar surface area (TPSA) is 84.5 Å². The molecule has 1 saturated heterocycles. The largest absolute Gasteiger partial charge is 0.382 e. The number of carbonyl (C=O) groups excluding carboxylic acids is 1. The van der Waals surface area contributed by atoms with Gasteiger partial charge in [0.1, 0.15) is 0 Å². The fraction of sp³-hybridized carbons (Fsp3) is 0.938. The van der Waals surface area contributed by atoms with Crippen LogP contribution in [0.15, 0.2) is 0 Å². The van der Waals surface area contributed by atoms with Gasteiger partial charge in [-0.05, 0) is 57.5 Å². The second-order valence-electron chi connectivity index (χ2n) is 7.00. The number of ether oxygens (including phenoxy) is 1. The van der Waals surface area contributed by atoms with E-state index < -0.39 is 14.6 Å². The average molecular weight is 383 g/mol. The summed E-state index contributed by atoms with van der Waals surface area (Å²) in [7, 11) is -3.44. The molecule has 6 nitrogen and oxygen atoms in total. The summed E-state index contributed by atoms with van der Waals surface area (Å²) in [4.78, 5) is 12.7. The van der Waals surface area contributed by atoms with E-state index in [1.807, 2.05) is 6.92 Å². The number of sulfone groups is 1. The third-order valence-electron chi connectivity index (χ3n) is 5.55. The minimum absolute atomic E-state index is 0. The summed E-state index contributed by atoms with van der Waals surface area (Å²) < 4.78 is 28.7. The zero-order valence-corrected chi connectivity index (χ0v) is 16.4. The highest BCUT2D eigenvalue weighted by Gasteiger charge is 2.49. The lowest BCUT2D eigenvalue weighted by Gasteiger charge is -2.43. The first-order valence-corrected chi connectivity index (χ1v) is 10.5. The van der Waals surface area contributed by atoms with Crippen molar-refractivity contribution in [3.05, 3.63) is 0 Å². The number of halogens is 1. The van der Waals surface area contributed by atoms with Gasteiger partial charge in [-0.1, -0.05) is 6.42 Å². The molecule has 0 spiro atoms. The van der Waals surface area contributed by atoms with Gasteiger partial charge in [-0.3, -0.25) is 4.79 Å². The maximum atomic E-state index is 12.7. The quantitative estimate of drug-likeness (QED) is 0.618. The van der Waals surface area contributed by atoms with E-state index in [-0.39, 0.29) is 23.7 Å². The normalized spacial score (nSPS) is 22.1. The Bertz CT molecular complexity index is 514. The van der Waals surface area contributed by atoms with Gasteiger partial charge < -0.3 is 15.4 Å². The highest BCUT2D eigenvalue weighted by Crippen LogP contribution is 2.43. The van der Waals surface area contributed by atoms with E-state index in [1.54, 1.807) is 0 Å².